The Balaban J connectivity index is 0.00000256. The van der Waals surface area contributed by atoms with E-state index in [2.05, 4.69) is 5.32 Å². The lowest BCUT2D eigenvalue weighted by atomic mass is 9.87. The van der Waals surface area contributed by atoms with Crippen molar-refractivity contribution >= 4 is 24.0 Å². The van der Waals surface area contributed by atoms with Crippen LogP contribution in [-0.2, 0) is 4.79 Å². The van der Waals surface area contributed by atoms with Crippen molar-refractivity contribution in [3.05, 3.63) is 24.3 Å². The van der Waals surface area contributed by atoms with Gasteiger partial charge >= 0.3 is 0 Å². The van der Waals surface area contributed by atoms with Gasteiger partial charge in [-0.25, -0.2) is 0 Å². The molecule has 4 N–H and O–H groups in total. The van der Waals surface area contributed by atoms with Gasteiger partial charge in [0.15, 0.2) is 0 Å². The van der Waals surface area contributed by atoms with Crippen LogP contribution >= 0.6 is 12.4 Å². The van der Waals surface area contributed by atoms with E-state index in [1.807, 2.05) is 20.8 Å². The molecule has 0 aliphatic rings. The average molecular weight is 259 g/mol. The highest BCUT2D eigenvalue weighted by Gasteiger charge is 2.27. The van der Waals surface area contributed by atoms with Crippen LogP contribution in [0.2, 0.25) is 0 Å². The van der Waals surface area contributed by atoms with Crippen molar-refractivity contribution in [2.45, 2.75) is 26.8 Å². The van der Waals surface area contributed by atoms with E-state index in [4.69, 9.17) is 5.73 Å². The van der Waals surface area contributed by atoms with Gasteiger partial charge in [0.2, 0.25) is 5.91 Å². The molecule has 0 radical (unpaired) electrons. The molecule has 96 valence electrons. The number of aromatic hydroxyl groups is 1. The second kappa shape index (κ2) is 5.89. The van der Waals surface area contributed by atoms with Gasteiger partial charge < -0.3 is 16.2 Å². The first kappa shape index (κ1) is 15.7. The van der Waals surface area contributed by atoms with E-state index in [-0.39, 0.29) is 29.5 Å². The number of benzene rings is 1. The van der Waals surface area contributed by atoms with Gasteiger partial charge in [0, 0.05) is 11.8 Å². The summed E-state index contributed by atoms with van der Waals surface area (Å²) in [7, 11) is 0. The first-order valence-electron chi connectivity index (χ1n) is 5.16. The maximum atomic E-state index is 11.8. The van der Waals surface area contributed by atoms with Crippen molar-refractivity contribution in [2.75, 3.05) is 5.32 Å². The number of hydrogen-bond donors (Lipinski definition) is 3. The molecule has 1 amide bonds. The van der Waals surface area contributed by atoms with Crippen LogP contribution in [0.5, 0.6) is 5.75 Å². The van der Waals surface area contributed by atoms with E-state index >= 15 is 0 Å². The number of nitrogens with one attached hydrogen (secondary N) is 1. The Morgan fingerprint density at radius 2 is 2.00 bits per heavy atom. The Labute approximate surface area is 108 Å². The first-order valence-corrected chi connectivity index (χ1v) is 5.16. The zero-order chi connectivity index (χ0) is 12.3. The minimum atomic E-state index is -0.588. The largest absolute Gasteiger partial charge is 0.508 e. The van der Waals surface area contributed by atoms with Crippen LogP contribution in [-0.4, -0.2) is 17.1 Å². The van der Waals surface area contributed by atoms with Gasteiger partial charge in [-0.05, 0) is 17.5 Å². The molecule has 0 aliphatic carbocycles. The van der Waals surface area contributed by atoms with Gasteiger partial charge in [0.05, 0.1) is 6.04 Å². The smallest absolute Gasteiger partial charge is 0.241 e. The molecule has 0 aliphatic heterocycles. The van der Waals surface area contributed by atoms with Crippen molar-refractivity contribution in [3.63, 3.8) is 0 Å². The first-order chi connectivity index (χ1) is 7.30. The minimum Gasteiger partial charge on any atom is -0.508 e. The molecule has 17 heavy (non-hydrogen) atoms. The number of amides is 1. The summed E-state index contributed by atoms with van der Waals surface area (Å²) in [6.45, 7) is 5.71. The number of rotatable bonds is 2. The molecule has 0 aromatic heterocycles. The molecule has 4 nitrogen and oxygen atoms in total. The van der Waals surface area contributed by atoms with Crippen molar-refractivity contribution in [3.8, 4) is 5.75 Å². The molecular formula is C12H19ClN2O2. The molecule has 1 rings (SSSR count). The van der Waals surface area contributed by atoms with Gasteiger partial charge in [-0.15, -0.1) is 12.4 Å². The van der Waals surface area contributed by atoms with Gasteiger partial charge in [-0.1, -0.05) is 26.8 Å². The fourth-order valence-corrected chi connectivity index (χ4v) is 1.20. The van der Waals surface area contributed by atoms with Gasteiger partial charge in [-0.2, -0.15) is 0 Å². The van der Waals surface area contributed by atoms with Gasteiger partial charge in [0.1, 0.15) is 5.75 Å². The standard InChI is InChI=1S/C12H18N2O2.ClH/c1-12(2,3)10(13)11(16)14-8-5-4-6-9(15)7-8;/h4-7,10,15H,13H2,1-3H3,(H,14,16);1H/t10-;/m1./s1. The number of anilines is 1. The summed E-state index contributed by atoms with van der Waals surface area (Å²) in [5.41, 5.74) is 6.06. The van der Waals surface area contributed by atoms with E-state index in [1.165, 1.54) is 6.07 Å². The monoisotopic (exact) mass is 258 g/mol. The zero-order valence-corrected chi connectivity index (χ0v) is 11.0. The van der Waals surface area contributed by atoms with Crippen molar-refractivity contribution < 1.29 is 9.90 Å². The average Bonchev–Trinajstić information content (AvgIpc) is 2.15. The summed E-state index contributed by atoms with van der Waals surface area (Å²) in [6, 6.07) is 5.79. The summed E-state index contributed by atoms with van der Waals surface area (Å²) in [6.07, 6.45) is 0. The van der Waals surface area contributed by atoms with Gasteiger partial charge in [0.25, 0.3) is 0 Å². The second-order valence-corrected chi connectivity index (χ2v) is 4.88. The van der Waals surface area contributed by atoms with Crippen molar-refractivity contribution in [1.82, 2.24) is 0 Å². The highest BCUT2D eigenvalue weighted by Crippen LogP contribution is 2.20. The van der Waals surface area contributed by atoms with Crippen LogP contribution in [0.1, 0.15) is 20.8 Å². The van der Waals surface area contributed by atoms with Crippen molar-refractivity contribution in [2.24, 2.45) is 11.1 Å². The SMILES string of the molecule is CC(C)(C)[C@H](N)C(=O)Nc1cccc(O)c1.Cl. The Kier molecular flexibility index (Phi) is 5.45. The quantitative estimate of drug-likeness (QED) is 0.761. The fraction of sp³-hybridized carbons (Fsp3) is 0.417. The Hall–Kier alpha value is -1.26. The molecule has 0 saturated heterocycles. The number of phenolic OH excluding ortho intramolecular Hbond substituents is 1. The molecule has 1 aromatic carbocycles. The fourth-order valence-electron chi connectivity index (χ4n) is 1.20. The number of phenols is 1. The third kappa shape index (κ3) is 4.63. The minimum absolute atomic E-state index is 0. The van der Waals surface area contributed by atoms with Crippen LogP contribution in [0, 0.1) is 5.41 Å². The van der Waals surface area contributed by atoms with Crippen molar-refractivity contribution in [1.29, 1.82) is 0 Å². The van der Waals surface area contributed by atoms with E-state index in [1.54, 1.807) is 18.2 Å². The molecule has 1 atom stereocenters. The summed E-state index contributed by atoms with van der Waals surface area (Å²) < 4.78 is 0. The predicted molar refractivity (Wildman–Crippen MR) is 71.4 cm³/mol. The van der Waals surface area contributed by atoms with E-state index in [0.29, 0.717) is 5.69 Å². The molecule has 0 spiro atoms. The van der Waals surface area contributed by atoms with E-state index in [0.717, 1.165) is 0 Å². The van der Waals surface area contributed by atoms with E-state index in [9.17, 15) is 9.90 Å². The molecule has 0 heterocycles. The maximum Gasteiger partial charge on any atom is 0.241 e. The highest BCUT2D eigenvalue weighted by molar-refractivity contribution is 5.95. The summed E-state index contributed by atoms with van der Waals surface area (Å²) in [5.74, 6) is -0.139. The second-order valence-electron chi connectivity index (χ2n) is 4.88. The van der Waals surface area contributed by atoms with Crippen LogP contribution < -0.4 is 11.1 Å². The van der Waals surface area contributed by atoms with Crippen LogP contribution in [0.3, 0.4) is 0 Å². The zero-order valence-electron chi connectivity index (χ0n) is 10.2. The molecule has 5 heteroatoms. The van der Waals surface area contributed by atoms with E-state index < -0.39 is 6.04 Å². The topological polar surface area (TPSA) is 75.4 Å². The molecule has 0 bridgehead atoms. The predicted octanol–water partition coefficient (Wildman–Crippen LogP) is 2.13. The van der Waals surface area contributed by atoms with Crippen LogP contribution in [0.15, 0.2) is 24.3 Å². The summed E-state index contributed by atoms with van der Waals surface area (Å²) >= 11 is 0. The third-order valence-corrected chi connectivity index (χ3v) is 2.33. The van der Waals surface area contributed by atoms with Gasteiger partial charge in [-0.3, -0.25) is 4.79 Å². The number of halogens is 1. The Bertz CT molecular complexity index is 388. The molecule has 0 unspecified atom stereocenters. The normalized spacial score (nSPS) is 12.5. The number of hydrogen-bond acceptors (Lipinski definition) is 3. The summed E-state index contributed by atoms with van der Waals surface area (Å²) in [4.78, 5) is 11.8. The lowest BCUT2D eigenvalue weighted by molar-refractivity contribution is -0.119. The van der Waals surface area contributed by atoms with Crippen LogP contribution in [0.25, 0.3) is 0 Å². The molecule has 0 fully saturated rings. The Morgan fingerprint density at radius 1 is 1.41 bits per heavy atom. The maximum absolute atomic E-state index is 11.8. The summed E-state index contributed by atoms with van der Waals surface area (Å²) in [5, 5.41) is 11.9. The number of carbonyl (C=O) groups is 1. The lowest BCUT2D eigenvalue weighted by Gasteiger charge is -2.25. The molecular weight excluding hydrogens is 240 g/mol. The molecule has 1 aromatic rings. The lowest BCUT2D eigenvalue weighted by Crippen LogP contribution is -2.45. The Morgan fingerprint density at radius 3 is 2.47 bits per heavy atom. The highest BCUT2D eigenvalue weighted by atomic mass is 35.5. The number of nitrogens with two attached hydrogens (primary N) is 1. The van der Waals surface area contributed by atoms with Crippen LogP contribution in [0.4, 0.5) is 5.69 Å². The molecule has 0 saturated carbocycles. The number of carbonyl (C=O) groups excluding carboxylic acids is 1. The third-order valence-electron chi connectivity index (χ3n) is 2.33.